The van der Waals surface area contributed by atoms with E-state index in [-0.39, 0.29) is 18.3 Å². The van der Waals surface area contributed by atoms with Crippen molar-refractivity contribution in [3.8, 4) is 0 Å². The number of rotatable bonds is 4. The molecule has 1 aromatic rings. The fourth-order valence-electron chi connectivity index (χ4n) is 2.16. The molecule has 0 atom stereocenters. The van der Waals surface area contributed by atoms with Crippen LogP contribution in [-0.4, -0.2) is 18.3 Å². The summed E-state index contributed by atoms with van der Waals surface area (Å²) in [4.78, 5) is 0. The number of hydrogen-bond donors (Lipinski definition) is 0. The molecule has 0 saturated carbocycles. The molecule has 1 aromatic carbocycles. The highest BCUT2D eigenvalue weighted by Crippen LogP contribution is 2.37. The Morgan fingerprint density at radius 2 is 1.42 bits per heavy atom. The van der Waals surface area contributed by atoms with Gasteiger partial charge < -0.3 is 9.31 Å². The summed E-state index contributed by atoms with van der Waals surface area (Å²) in [7, 11) is -0.113. The van der Waals surface area contributed by atoms with Crippen molar-refractivity contribution in [3.05, 3.63) is 35.4 Å². The molecule has 4 heteroatoms. The summed E-state index contributed by atoms with van der Waals surface area (Å²) in [5.74, 6) is 0.567. The molecule has 1 aliphatic heterocycles. The quantitative estimate of drug-likeness (QED) is 0.612. The lowest BCUT2D eigenvalue weighted by Gasteiger charge is -2.32. The van der Waals surface area contributed by atoms with Crippen LogP contribution in [0.1, 0.15) is 38.8 Å². The van der Waals surface area contributed by atoms with E-state index in [2.05, 4.69) is 52.0 Å². The van der Waals surface area contributed by atoms with E-state index in [1.54, 1.807) is 0 Å². The van der Waals surface area contributed by atoms with Gasteiger partial charge in [0.15, 0.2) is 0 Å². The summed E-state index contributed by atoms with van der Waals surface area (Å²) in [5, 5.41) is 0. The highest BCUT2D eigenvalue weighted by molar-refractivity contribution is 6.45. The zero-order valence-corrected chi connectivity index (χ0v) is 13.0. The molecule has 0 N–H and O–H groups in total. The first-order valence-corrected chi connectivity index (χ1v) is 7.37. The zero-order valence-electron chi connectivity index (χ0n) is 12.2. The van der Waals surface area contributed by atoms with Crippen LogP contribution in [0.25, 0.3) is 0 Å². The molecule has 0 unspecified atom stereocenters. The molecular formula is C15H22BClO2. The molecule has 19 heavy (non-hydrogen) atoms. The van der Waals surface area contributed by atoms with Crippen LogP contribution in [0.15, 0.2) is 24.3 Å². The Bertz CT molecular complexity index is 412. The van der Waals surface area contributed by atoms with Crippen molar-refractivity contribution in [1.29, 1.82) is 0 Å². The van der Waals surface area contributed by atoms with E-state index in [1.807, 2.05) is 0 Å². The molecular weight excluding hydrogens is 258 g/mol. The van der Waals surface area contributed by atoms with Crippen LogP contribution in [0.3, 0.4) is 0 Å². The Kier molecular flexibility index (Phi) is 4.29. The van der Waals surface area contributed by atoms with Gasteiger partial charge in [-0.05, 0) is 51.6 Å². The highest BCUT2D eigenvalue weighted by atomic mass is 35.5. The summed E-state index contributed by atoms with van der Waals surface area (Å²) in [6, 6.07) is 8.41. The maximum absolute atomic E-state index is 5.99. The van der Waals surface area contributed by atoms with Crippen LogP contribution >= 0.6 is 11.6 Å². The molecule has 2 nitrogen and oxygen atoms in total. The summed E-state index contributed by atoms with van der Waals surface area (Å²) in [6.45, 7) is 8.34. The second-order valence-electron chi connectivity index (χ2n) is 6.17. The molecule has 1 aliphatic rings. The lowest BCUT2D eigenvalue weighted by Crippen LogP contribution is -2.41. The second kappa shape index (κ2) is 5.47. The van der Waals surface area contributed by atoms with Crippen LogP contribution in [0.2, 0.25) is 6.32 Å². The molecule has 104 valence electrons. The molecule has 1 fully saturated rings. The average molecular weight is 281 g/mol. The highest BCUT2D eigenvalue weighted by Gasteiger charge is 2.50. The minimum atomic E-state index is -0.236. The van der Waals surface area contributed by atoms with E-state index in [1.165, 1.54) is 5.56 Å². The Balaban J connectivity index is 1.90. The van der Waals surface area contributed by atoms with Crippen molar-refractivity contribution in [2.24, 2.45) is 0 Å². The van der Waals surface area contributed by atoms with Crippen molar-refractivity contribution in [2.75, 3.05) is 0 Å². The van der Waals surface area contributed by atoms with Crippen molar-refractivity contribution < 1.29 is 9.31 Å². The zero-order chi connectivity index (χ0) is 14.1. The van der Waals surface area contributed by atoms with Gasteiger partial charge in [0, 0.05) is 5.88 Å². The molecule has 0 amide bonds. The summed E-state index contributed by atoms with van der Waals surface area (Å²) >= 11 is 5.78. The monoisotopic (exact) mass is 280 g/mol. The third-order valence-corrected chi connectivity index (χ3v) is 4.46. The molecule has 0 aliphatic carbocycles. The lowest BCUT2D eigenvalue weighted by molar-refractivity contribution is 0.00578. The first kappa shape index (κ1) is 14.9. The fraction of sp³-hybridized carbons (Fsp3) is 0.600. The van der Waals surface area contributed by atoms with Crippen molar-refractivity contribution in [2.45, 2.75) is 57.5 Å². The third kappa shape index (κ3) is 3.33. The largest absolute Gasteiger partial charge is 0.458 e. The summed E-state index contributed by atoms with van der Waals surface area (Å²) < 4.78 is 12.0. The number of aryl methyl sites for hydroxylation is 1. The SMILES string of the molecule is CC1(C)OB(CCc2ccc(CCl)cc2)OC1(C)C. The number of benzene rings is 1. The predicted octanol–water partition coefficient (Wildman–Crippen LogP) is 4.06. The fourth-order valence-corrected chi connectivity index (χ4v) is 2.34. The summed E-state index contributed by atoms with van der Waals surface area (Å²) in [5.41, 5.74) is 1.98. The van der Waals surface area contributed by atoms with E-state index in [4.69, 9.17) is 20.9 Å². The van der Waals surface area contributed by atoms with Gasteiger partial charge in [-0.15, -0.1) is 11.6 Å². The molecule has 0 spiro atoms. The van der Waals surface area contributed by atoms with Crippen LogP contribution in [-0.2, 0) is 21.6 Å². The van der Waals surface area contributed by atoms with Gasteiger partial charge in [-0.25, -0.2) is 0 Å². The van der Waals surface area contributed by atoms with Gasteiger partial charge in [0.2, 0.25) is 0 Å². The van der Waals surface area contributed by atoms with Crippen LogP contribution < -0.4 is 0 Å². The van der Waals surface area contributed by atoms with Crippen molar-refractivity contribution in [1.82, 2.24) is 0 Å². The third-order valence-electron chi connectivity index (χ3n) is 4.15. The van der Waals surface area contributed by atoms with Gasteiger partial charge in [-0.3, -0.25) is 0 Å². The second-order valence-corrected chi connectivity index (χ2v) is 6.44. The minimum Gasteiger partial charge on any atom is -0.403 e. The lowest BCUT2D eigenvalue weighted by atomic mass is 9.81. The van der Waals surface area contributed by atoms with Crippen LogP contribution in [0, 0.1) is 0 Å². The van der Waals surface area contributed by atoms with E-state index in [0.29, 0.717) is 5.88 Å². The first-order valence-electron chi connectivity index (χ1n) is 6.83. The normalized spacial score (nSPS) is 20.8. The first-order chi connectivity index (χ1) is 8.84. The maximum Gasteiger partial charge on any atom is 0.458 e. The number of halogens is 1. The predicted molar refractivity (Wildman–Crippen MR) is 80.6 cm³/mol. The molecule has 0 aromatic heterocycles. The molecule has 0 radical (unpaired) electrons. The van der Waals surface area contributed by atoms with Gasteiger partial charge in [0.05, 0.1) is 11.2 Å². The van der Waals surface area contributed by atoms with Gasteiger partial charge >= 0.3 is 7.12 Å². The molecule has 1 heterocycles. The smallest absolute Gasteiger partial charge is 0.403 e. The van der Waals surface area contributed by atoms with Gasteiger partial charge in [0.25, 0.3) is 0 Å². The standard InChI is InChI=1S/C15H22BClO2/c1-14(2)15(3,4)19-16(18-14)10-9-12-5-7-13(11-17)8-6-12/h5-8H,9-11H2,1-4H3. The maximum atomic E-state index is 5.99. The van der Waals surface area contributed by atoms with Gasteiger partial charge in [-0.2, -0.15) is 0 Å². The van der Waals surface area contributed by atoms with Crippen LogP contribution in [0.5, 0.6) is 0 Å². The van der Waals surface area contributed by atoms with E-state index in [0.717, 1.165) is 18.3 Å². The van der Waals surface area contributed by atoms with Gasteiger partial charge in [-0.1, -0.05) is 24.3 Å². The van der Waals surface area contributed by atoms with E-state index < -0.39 is 0 Å². The van der Waals surface area contributed by atoms with Crippen molar-refractivity contribution >= 4 is 18.7 Å². The Labute approximate surface area is 121 Å². The Morgan fingerprint density at radius 1 is 0.947 bits per heavy atom. The minimum absolute atomic E-state index is 0.113. The topological polar surface area (TPSA) is 18.5 Å². The molecule has 0 bridgehead atoms. The van der Waals surface area contributed by atoms with Gasteiger partial charge in [0.1, 0.15) is 0 Å². The van der Waals surface area contributed by atoms with E-state index in [9.17, 15) is 0 Å². The van der Waals surface area contributed by atoms with Crippen molar-refractivity contribution in [3.63, 3.8) is 0 Å². The van der Waals surface area contributed by atoms with E-state index >= 15 is 0 Å². The molecule has 2 rings (SSSR count). The summed E-state index contributed by atoms with van der Waals surface area (Å²) in [6.07, 6.45) is 1.84. The number of alkyl halides is 1. The Hall–Kier alpha value is -0.505. The van der Waals surface area contributed by atoms with Crippen LogP contribution in [0.4, 0.5) is 0 Å². The average Bonchev–Trinajstić information content (AvgIpc) is 2.56. The number of hydrogen-bond acceptors (Lipinski definition) is 2. The Morgan fingerprint density at radius 3 is 1.89 bits per heavy atom. The molecule has 1 saturated heterocycles.